The molecule has 0 spiro atoms. The Morgan fingerprint density at radius 2 is 2.13 bits per heavy atom. The Hall–Kier alpha value is -1.55. The minimum Gasteiger partial charge on any atom is -0.461 e. The average molecular weight is 316 g/mol. The standard InChI is InChI=1S/C19H28N2O2/c1-3-10-21-11-8-15(9-12-21)20-19(22)7-5-16-4-6-18(23-16)17-13-14(17)2/h4-7,14-15,17H,3,8-13H2,1-2H3,(H,20,22)/b7-5+. The molecule has 2 aliphatic rings. The number of piperidine rings is 1. The van der Waals surface area contributed by atoms with Gasteiger partial charge in [-0.2, -0.15) is 0 Å². The number of rotatable bonds is 6. The van der Waals surface area contributed by atoms with Gasteiger partial charge in [0, 0.05) is 31.1 Å². The van der Waals surface area contributed by atoms with Gasteiger partial charge in [-0.1, -0.05) is 13.8 Å². The number of nitrogens with one attached hydrogen (secondary N) is 1. The van der Waals surface area contributed by atoms with Crippen molar-refractivity contribution in [2.24, 2.45) is 5.92 Å². The van der Waals surface area contributed by atoms with Crippen LogP contribution in [0.1, 0.15) is 57.0 Å². The molecular formula is C19H28N2O2. The molecule has 3 rings (SSSR count). The molecule has 0 aromatic carbocycles. The zero-order valence-electron chi connectivity index (χ0n) is 14.3. The lowest BCUT2D eigenvalue weighted by molar-refractivity contribution is -0.117. The Kier molecular flexibility index (Phi) is 5.21. The van der Waals surface area contributed by atoms with Crippen LogP contribution in [0.3, 0.4) is 0 Å². The summed E-state index contributed by atoms with van der Waals surface area (Å²) in [7, 11) is 0. The summed E-state index contributed by atoms with van der Waals surface area (Å²) in [6.45, 7) is 7.79. The Morgan fingerprint density at radius 1 is 1.39 bits per heavy atom. The monoisotopic (exact) mass is 316 g/mol. The summed E-state index contributed by atoms with van der Waals surface area (Å²) in [5, 5.41) is 3.11. The van der Waals surface area contributed by atoms with E-state index in [-0.39, 0.29) is 5.91 Å². The van der Waals surface area contributed by atoms with E-state index in [9.17, 15) is 4.79 Å². The molecule has 1 N–H and O–H groups in total. The van der Waals surface area contributed by atoms with Gasteiger partial charge in [-0.25, -0.2) is 0 Å². The summed E-state index contributed by atoms with van der Waals surface area (Å²) >= 11 is 0. The second-order valence-corrected chi connectivity index (χ2v) is 7.02. The van der Waals surface area contributed by atoms with Crippen LogP contribution in [0.2, 0.25) is 0 Å². The highest BCUT2D eigenvalue weighted by molar-refractivity contribution is 5.91. The number of nitrogens with zero attached hydrogens (tertiary/aromatic N) is 1. The molecule has 2 unspecified atom stereocenters. The van der Waals surface area contributed by atoms with E-state index in [1.807, 2.05) is 12.1 Å². The van der Waals surface area contributed by atoms with Gasteiger partial charge in [0.25, 0.3) is 0 Å². The topological polar surface area (TPSA) is 45.5 Å². The number of carbonyl (C=O) groups is 1. The van der Waals surface area contributed by atoms with E-state index < -0.39 is 0 Å². The molecule has 1 aromatic heterocycles. The van der Waals surface area contributed by atoms with Crippen molar-refractivity contribution in [3.8, 4) is 0 Å². The molecule has 1 saturated heterocycles. The number of furan rings is 1. The first kappa shape index (κ1) is 16.3. The molecule has 1 saturated carbocycles. The van der Waals surface area contributed by atoms with Crippen molar-refractivity contribution < 1.29 is 9.21 Å². The van der Waals surface area contributed by atoms with Gasteiger partial charge in [0.2, 0.25) is 5.91 Å². The van der Waals surface area contributed by atoms with Gasteiger partial charge in [0.1, 0.15) is 11.5 Å². The zero-order chi connectivity index (χ0) is 16.2. The number of amides is 1. The third kappa shape index (κ3) is 4.47. The van der Waals surface area contributed by atoms with Crippen LogP contribution in [0.25, 0.3) is 6.08 Å². The summed E-state index contributed by atoms with van der Waals surface area (Å²) in [6.07, 6.45) is 7.88. The van der Waals surface area contributed by atoms with Crippen molar-refractivity contribution in [3.05, 3.63) is 29.7 Å². The fourth-order valence-electron chi connectivity index (χ4n) is 3.40. The van der Waals surface area contributed by atoms with E-state index in [0.717, 1.165) is 43.4 Å². The minimum absolute atomic E-state index is 0.0170. The first-order valence-corrected chi connectivity index (χ1v) is 8.96. The van der Waals surface area contributed by atoms with Gasteiger partial charge < -0.3 is 14.6 Å². The normalized spacial score (nSPS) is 25.8. The van der Waals surface area contributed by atoms with Crippen molar-refractivity contribution in [2.45, 2.75) is 51.5 Å². The van der Waals surface area contributed by atoms with Crippen LogP contribution in [0.15, 0.2) is 22.6 Å². The van der Waals surface area contributed by atoms with E-state index in [0.29, 0.717) is 12.0 Å². The smallest absolute Gasteiger partial charge is 0.244 e. The molecule has 1 amide bonds. The van der Waals surface area contributed by atoms with Crippen molar-refractivity contribution in [2.75, 3.05) is 19.6 Å². The summed E-state index contributed by atoms with van der Waals surface area (Å²) < 4.78 is 5.79. The van der Waals surface area contributed by atoms with Crippen molar-refractivity contribution in [1.82, 2.24) is 10.2 Å². The van der Waals surface area contributed by atoms with Crippen LogP contribution < -0.4 is 5.32 Å². The highest BCUT2D eigenvalue weighted by Crippen LogP contribution is 2.47. The summed E-state index contributed by atoms with van der Waals surface area (Å²) in [4.78, 5) is 14.5. The lowest BCUT2D eigenvalue weighted by atomic mass is 10.0. The lowest BCUT2D eigenvalue weighted by Crippen LogP contribution is -2.44. The molecular weight excluding hydrogens is 288 g/mol. The highest BCUT2D eigenvalue weighted by Gasteiger charge is 2.36. The molecule has 4 nitrogen and oxygen atoms in total. The maximum atomic E-state index is 12.0. The second kappa shape index (κ2) is 7.35. The molecule has 2 fully saturated rings. The SMILES string of the molecule is CCCN1CCC(NC(=O)/C=C/c2ccc(C3CC3C)o2)CC1. The van der Waals surface area contributed by atoms with Crippen molar-refractivity contribution in [1.29, 1.82) is 0 Å². The quantitative estimate of drug-likeness (QED) is 0.818. The van der Waals surface area contributed by atoms with E-state index in [1.54, 1.807) is 12.2 Å². The largest absolute Gasteiger partial charge is 0.461 e. The fourth-order valence-corrected chi connectivity index (χ4v) is 3.40. The molecule has 2 atom stereocenters. The Labute approximate surface area is 138 Å². The number of hydrogen-bond acceptors (Lipinski definition) is 3. The van der Waals surface area contributed by atoms with Crippen molar-refractivity contribution >= 4 is 12.0 Å². The van der Waals surface area contributed by atoms with Gasteiger partial charge in [-0.3, -0.25) is 4.79 Å². The Balaban J connectivity index is 1.43. The highest BCUT2D eigenvalue weighted by atomic mass is 16.3. The fraction of sp³-hybridized carbons (Fsp3) is 0.632. The van der Waals surface area contributed by atoms with Crippen molar-refractivity contribution in [3.63, 3.8) is 0 Å². The van der Waals surface area contributed by atoms with Crippen LogP contribution >= 0.6 is 0 Å². The van der Waals surface area contributed by atoms with Crippen LogP contribution in [-0.4, -0.2) is 36.5 Å². The van der Waals surface area contributed by atoms with Crippen LogP contribution in [0.5, 0.6) is 0 Å². The second-order valence-electron chi connectivity index (χ2n) is 7.02. The molecule has 1 aliphatic heterocycles. The minimum atomic E-state index is -0.0170. The molecule has 1 aliphatic carbocycles. The summed E-state index contributed by atoms with van der Waals surface area (Å²) in [5.41, 5.74) is 0. The molecule has 23 heavy (non-hydrogen) atoms. The molecule has 0 radical (unpaired) electrons. The number of carbonyl (C=O) groups excluding carboxylic acids is 1. The van der Waals surface area contributed by atoms with Crippen LogP contribution in [0.4, 0.5) is 0 Å². The van der Waals surface area contributed by atoms with E-state index >= 15 is 0 Å². The average Bonchev–Trinajstić information content (AvgIpc) is 3.09. The van der Waals surface area contributed by atoms with E-state index in [1.165, 1.54) is 19.4 Å². The molecule has 1 aromatic rings. The zero-order valence-corrected chi connectivity index (χ0v) is 14.3. The first-order valence-electron chi connectivity index (χ1n) is 8.96. The Morgan fingerprint density at radius 3 is 2.78 bits per heavy atom. The van der Waals surface area contributed by atoms with Gasteiger partial charge in [-0.05, 0) is 56.4 Å². The predicted octanol–water partition coefficient (Wildman–Crippen LogP) is 3.41. The van der Waals surface area contributed by atoms with Crippen LogP contribution in [-0.2, 0) is 4.79 Å². The molecule has 0 bridgehead atoms. The maximum Gasteiger partial charge on any atom is 0.244 e. The molecule has 2 heterocycles. The maximum absolute atomic E-state index is 12.0. The molecule has 4 heteroatoms. The third-order valence-corrected chi connectivity index (χ3v) is 5.00. The van der Waals surface area contributed by atoms with Gasteiger partial charge in [-0.15, -0.1) is 0 Å². The summed E-state index contributed by atoms with van der Waals surface area (Å²) in [5.74, 6) is 3.13. The Bertz CT molecular complexity index is 555. The van der Waals surface area contributed by atoms with Gasteiger partial charge in [0.15, 0.2) is 0 Å². The van der Waals surface area contributed by atoms with Gasteiger partial charge in [0.05, 0.1) is 0 Å². The summed E-state index contributed by atoms with van der Waals surface area (Å²) in [6, 6.07) is 4.29. The molecule has 126 valence electrons. The lowest BCUT2D eigenvalue weighted by Gasteiger charge is -2.31. The van der Waals surface area contributed by atoms with E-state index in [2.05, 4.69) is 24.1 Å². The third-order valence-electron chi connectivity index (χ3n) is 5.00. The van der Waals surface area contributed by atoms with Gasteiger partial charge >= 0.3 is 0 Å². The number of hydrogen-bond donors (Lipinski definition) is 1. The predicted molar refractivity (Wildman–Crippen MR) is 92.2 cm³/mol. The first-order chi connectivity index (χ1) is 11.2. The van der Waals surface area contributed by atoms with Crippen LogP contribution in [0, 0.1) is 5.92 Å². The number of likely N-dealkylation sites (tertiary alicyclic amines) is 1. The van der Waals surface area contributed by atoms with E-state index in [4.69, 9.17) is 4.42 Å².